The molecule has 1 N–H and O–H groups in total. The summed E-state index contributed by atoms with van der Waals surface area (Å²) in [5.41, 5.74) is 2.90. The predicted octanol–water partition coefficient (Wildman–Crippen LogP) is 3.59. The molecular formula is C21H19N3O2. The number of rotatable bonds is 4. The lowest BCUT2D eigenvalue weighted by atomic mass is 10.1. The highest BCUT2D eigenvalue weighted by Gasteiger charge is 2.08. The van der Waals surface area contributed by atoms with Gasteiger partial charge in [-0.1, -0.05) is 24.3 Å². The second-order valence-electron chi connectivity index (χ2n) is 6.02. The molecule has 3 rings (SSSR count). The number of aromatic nitrogens is 1. The number of pyridine rings is 1. The standard InChI is InChI=1S/C21H19N3O2/c1-24(2)21(26)16-6-5-7-17(14-16)23-20(25)11-10-15-12-13-22-19-9-4-3-8-18(15)19/h3-14H,1-2H3,(H,23,25)/b11-10-. The second-order valence-corrected chi connectivity index (χ2v) is 6.02. The first-order valence-electron chi connectivity index (χ1n) is 8.19. The third-order valence-electron chi connectivity index (χ3n) is 3.88. The SMILES string of the molecule is CN(C)C(=O)c1cccc(NC(=O)/C=C\c2ccnc3ccccc23)c1. The van der Waals surface area contributed by atoms with Crippen LogP contribution in [0.2, 0.25) is 0 Å². The third kappa shape index (κ3) is 3.95. The van der Waals surface area contributed by atoms with E-state index in [0.717, 1.165) is 16.5 Å². The van der Waals surface area contributed by atoms with Crippen LogP contribution in [0, 0.1) is 0 Å². The molecule has 0 unspecified atom stereocenters. The topological polar surface area (TPSA) is 62.3 Å². The summed E-state index contributed by atoms with van der Waals surface area (Å²) in [5, 5.41) is 3.77. The average molecular weight is 345 g/mol. The molecule has 1 heterocycles. The number of carbonyl (C=O) groups excluding carboxylic acids is 2. The summed E-state index contributed by atoms with van der Waals surface area (Å²) >= 11 is 0. The van der Waals surface area contributed by atoms with Crippen molar-refractivity contribution in [2.75, 3.05) is 19.4 Å². The van der Waals surface area contributed by atoms with Crippen LogP contribution in [0.3, 0.4) is 0 Å². The van der Waals surface area contributed by atoms with E-state index < -0.39 is 0 Å². The Bertz CT molecular complexity index is 988. The van der Waals surface area contributed by atoms with Crippen LogP contribution in [-0.4, -0.2) is 35.8 Å². The quantitative estimate of drug-likeness (QED) is 0.735. The van der Waals surface area contributed by atoms with E-state index >= 15 is 0 Å². The van der Waals surface area contributed by atoms with Crippen LogP contribution in [-0.2, 0) is 4.79 Å². The van der Waals surface area contributed by atoms with Gasteiger partial charge in [-0.2, -0.15) is 0 Å². The van der Waals surface area contributed by atoms with E-state index in [4.69, 9.17) is 0 Å². The monoisotopic (exact) mass is 345 g/mol. The number of amides is 2. The maximum absolute atomic E-state index is 12.2. The molecule has 2 amide bonds. The minimum atomic E-state index is -0.264. The highest BCUT2D eigenvalue weighted by molar-refractivity contribution is 6.04. The van der Waals surface area contributed by atoms with Crippen molar-refractivity contribution >= 4 is 34.5 Å². The Hall–Kier alpha value is -3.47. The first-order valence-corrected chi connectivity index (χ1v) is 8.19. The molecule has 0 aliphatic carbocycles. The Labute approximate surface area is 152 Å². The highest BCUT2D eigenvalue weighted by Crippen LogP contribution is 2.17. The molecule has 0 saturated heterocycles. The zero-order valence-electron chi connectivity index (χ0n) is 14.6. The third-order valence-corrected chi connectivity index (χ3v) is 3.88. The summed E-state index contributed by atoms with van der Waals surface area (Å²) in [6.07, 6.45) is 4.95. The molecule has 5 nitrogen and oxygen atoms in total. The lowest BCUT2D eigenvalue weighted by Crippen LogP contribution is -2.21. The van der Waals surface area contributed by atoms with Gasteiger partial charge in [0.1, 0.15) is 0 Å². The van der Waals surface area contributed by atoms with Gasteiger partial charge in [0.05, 0.1) is 5.52 Å². The fraction of sp³-hybridized carbons (Fsp3) is 0.0952. The number of anilines is 1. The van der Waals surface area contributed by atoms with Crippen LogP contribution in [0.25, 0.3) is 17.0 Å². The minimum Gasteiger partial charge on any atom is -0.345 e. The molecule has 0 saturated carbocycles. The van der Waals surface area contributed by atoms with E-state index in [-0.39, 0.29) is 11.8 Å². The van der Waals surface area contributed by atoms with Crippen LogP contribution in [0.15, 0.2) is 66.9 Å². The van der Waals surface area contributed by atoms with Crippen molar-refractivity contribution in [3.8, 4) is 0 Å². The van der Waals surface area contributed by atoms with Gasteiger partial charge >= 0.3 is 0 Å². The molecule has 3 aromatic rings. The van der Waals surface area contributed by atoms with Gasteiger partial charge in [0.2, 0.25) is 5.91 Å². The first kappa shape index (κ1) is 17.4. The smallest absolute Gasteiger partial charge is 0.253 e. The van der Waals surface area contributed by atoms with Crippen molar-refractivity contribution in [3.63, 3.8) is 0 Å². The van der Waals surface area contributed by atoms with Gasteiger partial charge in [0, 0.05) is 43.0 Å². The van der Waals surface area contributed by atoms with Crippen molar-refractivity contribution in [1.29, 1.82) is 0 Å². The second kappa shape index (κ2) is 7.61. The van der Waals surface area contributed by atoms with Crippen molar-refractivity contribution in [2.24, 2.45) is 0 Å². The molecule has 0 aliphatic heterocycles. The molecule has 26 heavy (non-hydrogen) atoms. The summed E-state index contributed by atoms with van der Waals surface area (Å²) in [6, 6.07) is 16.5. The Balaban J connectivity index is 1.76. The maximum atomic E-state index is 12.2. The lowest BCUT2D eigenvalue weighted by Gasteiger charge is -2.11. The van der Waals surface area contributed by atoms with E-state index in [1.54, 1.807) is 50.6 Å². The van der Waals surface area contributed by atoms with Gasteiger partial charge in [-0.05, 0) is 42.0 Å². The van der Waals surface area contributed by atoms with Crippen molar-refractivity contribution in [3.05, 3.63) is 78.0 Å². The van der Waals surface area contributed by atoms with Crippen LogP contribution in [0.5, 0.6) is 0 Å². The molecule has 0 fully saturated rings. The molecule has 0 bridgehead atoms. The lowest BCUT2D eigenvalue weighted by molar-refractivity contribution is -0.111. The molecular weight excluding hydrogens is 326 g/mol. The van der Waals surface area contributed by atoms with Crippen molar-refractivity contribution in [2.45, 2.75) is 0 Å². The van der Waals surface area contributed by atoms with E-state index in [9.17, 15) is 9.59 Å². The Morgan fingerprint density at radius 1 is 1.04 bits per heavy atom. The predicted molar refractivity (Wildman–Crippen MR) is 104 cm³/mol. The molecule has 1 aromatic heterocycles. The summed E-state index contributed by atoms with van der Waals surface area (Å²) < 4.78 is 0. The maximum Gasteiger partial charge on any atom is 0.253 e. The van der Waals surface area contributed by atoms with Crippen LogP contribution in [0.4, 0.5) is 5.69 Å². The first-order chi connectivity index (χ1) is 12.5. The molecule has 0 atom stereocenters. The number of hydrogen-bond acceptors (Lipinski definition) is 3. The van der Waals surface area contributed by atoms with Gasteiger partial charge < -0.3 is 10.2 Å². The summed E-state index contributed by atoms with van der Waals surface area (Å²) in [6.45, 7) is 0. The zero-order valence-corrected chi connectivity index (χ0v) is 14.6. The number of nitrogens with one attached hydrogen (secondary N) is 1. The number of nitrogens with zero attached hydrogens (tertiary/aromatic N) is 2. The van der Waals surface area contributed by atoms with Crippen molar-refractivity contribution < 1.29 is 9.59 Å². The minimum absolute atomic E-state index is 0.111. The summed E-state index contributed by atoms with van der Waals surface area (Å²) in [5.74, 6) is -0.375. The Morgan fingerprint density at radius 2 is 1.85 bits per heavy atom. The van der Waals surface area contributed by atoms with Crippen molar-refractivity contribution in [1.82, 2.24) is 9.88 Å². The van der Waals surface area contributed by atoms with Crippen LogP contribution in [0.1, 0.15) is 15.9 Å². The van der Waals surface area contributed by atoms with Gasteiger partial charge in [-0.15, -0.1) is 0 Å². The number of benzene rings is 2. The molecule has 5 heteroatoms. The molecule has 0 radical (unpaired) electrons. The zero-order chi connectivity index (χ0) is 18.5. The van der Waals surface area contributed by atoms with E-state index in [2.05, 4.69) is 10.3 Å². The van der Waals surface area contributed by atoms with Gasteiger partial charge in [0.15, 0.2) is 0 Å². The summed E-state index contributed by atoms with van der Waals surface area (Å²) in [7, 11) is 3.38. The average Bonchev–Trinajstić information content (AvgIpc) is 2.65. The fourth-order valence-corrected chi connectivity index (χ4v) is 2.60. The fourth-order valence-electron chi connectivity index (χ4n) is 2.60. The van der Waals surface area contributed by atoms with Gasteiger partial charge in [-0.25, -0.2) is 0 Å². The van der Waals surface area contributed by atoms with Crippen LogP contribution >= 0.6 is 0 Å². The highest BCUT2D eigenvalue weighted by atomic mass is 16.2. The molecule has 130 valence electrons. The number of para-hydroxylation sites is 1. The molecule has 0 aliphatic rings. The van der Waals surface area contributed by atoms with Gasteiger partial charge in [0.25, 0.3) is 5.91 Å². The molecule has 2 aromatic carbocycles. The summed E-state index contributed by atoms with van der Waals surface area (Å²) in [4.78, 5) is 30.0. The van der Waals surface area contributed by atoms with E-state index in [1.165, 1.54) is 11.0 Å². The van der Waals surface area contributed by atoms with E-state index in [1.807, 2.05) is 30.3 Å². The van der Waals surface area contributed by atoms with Gasteiger partial charge in [-0.3, -0.25) is 14.6 Å². The van der Waals surface area contributed by atoms with Crippen LogP contribution < -0.4 is 5.32 Å². The normalized spacial score (nSPS) is 10.8. The van der Waals surface area contributed by atoms with E-state index in [0.29, 0.717) is 11.3 Å². The number of carbonyl (C=O) groups is 2. The molecule has 0 spiro atoms. The number of fused-ring (bicyclic) bond motifs is 1. The number of hydrogen-bond donors (Lipinski definition) is 1. The Morgan fingerprint density at radius 3 is 2.65 bits per heavy atom. The Kier molecular flexibility index (Phi) is 5.08. The largest absolute Gasteiger partial charge is 0.345 e.